The van der Waals surface area contributed by atoms with Crippen molar-refractivity contribution in [3.63, 3.8) is 0 Å². The van der Waals surface area contributed by atoms with Gasteiger partial charge in [-0.3, -0.25) is 4.98 Å². The molecule has 0 aromatic carbocycles. The largest absolute Gasteiger partial charge is 0.434 e. The minimum atomic E-state index is -4.52. The van der Waals surface area contributed by atoms with E-state index in [4.69, 9.17) is 0 Å². The smallest absolute Gasteiger partial charge is 0.345 e. The molecule has 0 aliphatic rings. The van der Waals surface area contributed by atoms with Crippen LogP contribution in [0, 0.1) is 0 Å². The summed E-state index contributed by atoms with van der Waals surface area (Å²) >= 11 is 0. The van der Waals surface area contributed by atoms with Crippen LogP contribution in [0.3, 0.4) is 0 Å². The van der Waals surface area contributed by atoms with Gasteiger partial charge in [0.15, 0.2) is 12.0 Å². The van der Waals surface area contributed by atoms with Crippen molar-refractivity contribution in [2.75, 3.05) is 0 Å². The molecule has 15 heavy (non-hydrogen) atoms. The Morgan fingerprint density at radius 2 is 2.07 bits per heavy atom. The zero-order valence-corrected chi connectivity index (χ0v) is 7.19. The number of hydrogen-bond donors (Lipinski definition) is 0. The van der Waals surface area contributed by atoms with Crippen LogP contribution in [-0.2, 0) is 6.18 Å². The van der Waals surface area contributed by atoms with Gasteiger partial charge in [-0.25, -0.2) is 0 Å². The molecule has 0 aliphatic heterocycles. The van der Waals surface area contributed by atoms with Gasteiger partial charge in [0.1, 0.15) is 5.69 Å². The minimum Gasteiger partial charge on any atom is -0.345 e. The van der Waals surface area contributed by atoms with Crippen LogP contribution in [0.2, 0.25) is 0 Å². The second-order valence-corrected chi connectivity index (χ2v) is 2.69. The molecule has 2 aromatic heterocycles. The van der Waals surface area contributed by atoms with E-state index in [2.05, 4.69) is 19.9 Å². The van der Waals surface area contributed by atoms with Crippen molar-refractivity contribution < 1.29 is 17.7 Å². The third-order valence-electron chi connectivity index (χ3n) is 1.71. The van der Waals surface area contributed by atoms with E-state index in [1.54, 1.807) is 0 Å². The van der Waals surface area contributed by atoms with Gasteiger partial charge in [-0.2, -0.15) is 13.2 Å². The van der Waals surface area contributed by atoms with E-state index in [1.807, 2.05) is 0 Å². The van der Waals surface area contributed by atoms with Gasteiger partial charge >= 0.3 is 6.18 Å². The van der Waals surface area contributed by atoms with Gasteiger partial charge in [0.2, 0.25) is 0 Å². The number of alkyl halides is 3. The molecule has 2 aromatic rings. The number of halogens is 3. The molecule has 0 saturated heterocycles. The maximum atomic E-state index is 12.5. The monoisotopic (exact) mass is 215 g/mol. The van der Waals surface area contributed by atoms with Crippen LogP contribution in [0.1, 0.15) is 5.69 Å². The SMILES string of the molecule is FC(F)(F)c1ncccc1-c1conn1. The molecule has 4 nitrogen and oxygen atoms in total. The van der Waals surface area contributed by atoms with Crippen molar-refractivity contribution in [2.45, 2.75) is 6.18 Å². The van der Waals surface area contributed by atoms with Crippen LogP contribution in [0.15, 0.2) is 29.1 Å². The summed E-state index contributed by atoms with van der Waals surface area (Å²) in [4.78, 5) is 3.27. The summed E-state index contributed by atoms with van der Waals surface area (Å²) in [6, 6.07) is 2.65. The first-order valence-corrected chi connectivity index (χ1v) is 3.88. The Bertz CT molecular complexity index is 452. The fourth-order valence-electron chi connectivity index (χ4n) is 1.12. The second-order valence-electron chi connectivity index (χ2n) is 2.69. The normalized spacial score (nSPS) is 11.7. The van der Waals surface area contributed by atoms with E-state index in [9.17, 15) is 13.2 Å². The molecule has 78 valence electrons. The topological polar surface area (TPSA) is 51.8 Å². The Labute approximate surface area is 81.7 Å². The predicted molar refractivity (Wildman–Crippen MR) is 42.5 cm³/mol. The highest BCUT2D eigenvalue weighted by molar-refractivity contribution is 5.60. The van der Waals surface area contributed by atoms with E-state index in [0.717, 1.165) is 12.5 Å². The van der Waals surface area contributed by atoms with E-state index < -0.39 is 11.9 Å². The Balaban J connectivity index is 2.58. The number of nitrogens with zero attached hydrogens (tertiary/aromatic N) is 3. The molecule has 0 spiro atoms. The fourth-order valence-corrected chi connectivity index (χ4v) is 1.12. The molecule has 2 rings (SSSR count). The Kier molecular flexibility index (Phi) is 2.14. The summed E-state index contributed by atoms with van der Waals surface area (Å²) in [6.07, 6.45) is -2.42. The van der Waals surface area contributed by atoms with Crippen LogP contribution in [0.5, 0.6) is 0 Å². The molecule has 0 atom stereocenters. The van der Waals surface area contributed by atoms with Crippen LogP contribution < -0.4 is 0 Å². The van der Waals surface area contributed by atoms with Gasteiger partial charge in [-0.05, 0) is 12.1 Å². The lowest BCUT2D eigenvalue weighted by Gasteiger charge is -2.08. The summed E-state index contributed by atoms with van der Waals surface area (Å²) < 4.78 is 41.9. The molecule has 0 saturated carbocycles. The van der Waals surface area contributed by atoms with E-state index in [0.29, 0.717) is 0 Å². The molecule has 0 aliphatic carbocycles. The van der Waals surface area contributed by atoms with Crippen molar-refractivity contribution in [3.8, 4) is 11.3 Å². The van der Waals surface area contributed by atoms with Crippen molar-refractivity contribution >= 4 is 0 Å². The van der Waals surface area contributed by atoms with Gasteiger partial charge in [-0.15, -0.1) is 5.10 Å². The second kappa shape index (κ2) is 3.34. The number of pyridine rings is 1. The van der Waals surface area contributed by atoms with Crippen molar-refractivity contribution in [2.24, 2.45) is 0 Å². The molecule has 0 bridgehead atoms. The predicted octanol–water partition coefficient (Wildman–Crippen LogP) is 2.15. The van der Waals surface area contributed by atoms with E-state index >= 15 is 0 Å². The van der Waals surface area contributed by atoms with Crippen LogP contribution in [0.25, 0.3) is 11.3 Å². The fraction of sp³-hybridized carbons (Fsp3) is 0.125. The van der Waals surface area contributed by atoms with Gasteiger partial charge in [0.05, 0.1) is 0 Å². The maximum Gasteiger partial charge on any atom is 0.434 e. The molecule has 0 radical (unpaired) electrons. The Morgan fingerprint density at radius 3 is 2.67 bits per heavy atom. The first-order valence-electron chi connectivity index (χ1n) is 3.88. The van der Waals surface area contributed by atoms with Crippen LogP contribution >= 0.6 is 0 Å². The average molecular weight is 215 g/mol. The third-order valence-corrected chi connectivity index (χ3v) is 1.71. The number of rotatable bonds is 1. The Morgan fingerprint density at radius 1 is 1.27 bits per heavy atom. The lowest BCUT2D eigenvalue weighted by molar-refractivity contribution is -0.140. The number of aromatic nitrogens is 3. The van der Waals surface area contributed by atoms with Crippen LogP contribution in [-0.4, -0.2) is 15.4 Å². The van der Waals surface area contributed by atoms with Gasteiger partial charge in [0, 0.05) is 17.0 Å². The van der Waals surface area contributed by atoms with Crippen molar-refractivity contribution in [1.82, 2.24) is 15.4 Å². The number of hydrogen-bond acceptors (Lipinski definition) is 4. The molecule has 0 unspecified atom stereocenters. The van der Waals surface area contributed by atoms with Gasteiger partial charge in [-0.1, -0.05) is 0 Å². The van der Waals surface area contributed by atoms with E-state index in [-0.39, 0.29) is 11.3 Å². The molecule has 0 fully saturated rings. The zero-order valence-electron chi connectivity index (χ0n) is 7.19. The highest BCUT2D eigenvalue weighted by Crippen LogP contribution is 2.34. The van der Waals surface area contributed by atoms with E-state index in [1.165, 1.54) is 12.1 Å². The lowest BCUT2D eigenvalue weighted by atomic mass is 10.1. The standard InChI is InChI=1S/C8H4F3N3O/c9-8(10,11)7-5(2-1-3-12-7)6-4-15-14-13-6/h1-4H. The molecular formula is C8H4F3N3O. The molecule has 0 N–H and O–H groups in total. The molecular weight excluding hydrogens is 211 g/mol. The van der Waals surface area contributed by atoms with Crippen molar-refractivity contribution in [1.29, 1.82) is 0 Å². The maximum absolute atomic E-state index is 12.5. The minimum absolute atomic E-state index is 0.00965. The van der Waals surface area contributed by atoms with Gasteiger partial charge in [0.25, 0.3) is 0 Å². The summed E-state index contributed by atoms with van der Waals surface area (Å²) in [5.41, 5.74) is -1.14. The summed E-state index contributed by atoms with van der Waals surface area (Å²) in [6.45, 7) is 0. The molecule has 2 heterocycles. The molecule has 0 amide bonds. The van der Waals surface area contributed by atoms with Crippen LogP contribution in [0.4, 0.5) is 13.2 Å². The van der Waals surface area contributed by atoms with Gasteiger partial charge < -0.3 is 4.52 Å². The summed E-state index contributed by atoms with van der Waals surface area (Å²) in [5, 5.41) is 6.51. The average Bonchev–Trinajstić information content (AvgIpc) is 2.69. The zero-order chi connectivity index (χ0) is 10.9. The highest BCUT2D eigenvalue weighted by atomic mass is 19.4. The Hall–Kier alpha value is -1.92. The summed E-state index contributed by atoms with van der Waals surface area (Å²) in [5.74, 6) is 0. The first kappa shape index (κ1) is 9.63. The summed E-state index contributed by atoms with van der Waals surface area (Å²) in [7, 11) is 0. The highest BCUT2D eigenvalue weighted by Gasteiger charge is 2.36. The third kappa shape index (κ3) is 1.80. The first-order chi connectivity index (χ1) is 7.09. The molecule has 7 heteroatoms. The quantitative estimate of drug-likeness (QED) is 0.731. The lowest BCUT2D eigenvalue weighted by Crippen LogP contribution is -2.09. The van der Waals surface area contributed by atoms with Crippen molar-refractivity contribution in [3.05, 3.63) is 30.3 Å².